The van der Waals surface area contributed by atoms with Crippen molar-refractivity contribution in [1.29, 1.82) is 0 Å². The van der Waals surface area contributed by atoms with Gasteiger partial charge in [-0.25, -0.2) is 9.37 Å². The van der Waals surface area contributed by atoms with Crippen molar-refractivity contribution < 1.29 is 4.39 Å². The van der Waals surface area contributed by atoms with Gasteiger partial charge < -0.3 is 9.88 Å². The number of benzene rings is 1. The molecule has 0 spiro atoms. The molecule has 16 heavy (non-hydrogen) atoms. The molecule has 1 aliphatic rings. The van der Waals surface area contributed by atoms with Crippen molar-refractivity contribution in [2.24, 2.45) is 0 Å². The monoisotopic (exact) mass is 239 g/mol. The van der Waals surface area contributed by atoms with Crippen LogP contribution in [0.5, 0.6) is 0 Å². The average molecular weight is 240 g/mol. The van der Waals surface area contributed by atoms with Gasteiger partial charge in [-0.1, -0.05) is 6.07 Å². The second-order valence-electron chi connectivity index (χ2n) is 4.01. The van der Waals surface area contributed by atoms with Gasteiger partial charge in [0.05, 0.1) is 11.6 Å². The minimum atomic E-state index is -0.316. The molecule has 1 aromatic heterocycles. The molecule has 1 N–H and O–H groups in total. The zero-order valence-electron chi connectivity index (χ0n) is 8.58. The van der Waals surface area contributed by atoms with Crippen LogP contribution in [0.1, 0.15) is 12.5 Å². The molecule has 2 heterocycles. The maximum absolute atomic E-state index is 13.5. The molecule has 84 valence electrons. The van der Waals surface area contributed by atoms with Crippen LogP contribution >= 0.6 is 11.6 Å². The van der Waals surface area contributed by atoms with Crippen LogP contribution in [0.3, 0.4) is 0 Å². The summed E-state index contributed by atoms with van der Waals surface area (Å²) in [5, 5.41) is 3.64. The van der Waals surface area contributed by atoms with Gasteiger partial charge in [0.1, 0.15) is 5.52 Å². The molecule has 1 fully saturated rings. The summed E-state index contributed by atoms with van der Waals surface area (Å²) >= 11 is 6.08. The van der Waals surface area contributed by atoms with Gasteiger partial charge in [0.25, 0.3) is 0 Å². The lowest BCUT2D eigenvalue weighted by molar-refractivity contribution is 0.562. The van der Waals surface area contributed by atoms with Crippen LogP contribution in [-0.4, -0.2) is 22.6 Å². The molecule has 0 aliphatic carbocycles. The molecule has 5 heteroatoms. The van der Waals surface area contributed by atoms with Crippen molar-refractivity contribution in [3.05, 3.63) is 29.3 Å². The molecule has 1 atom stereocenters. The maximum atomic E-state index is 13.5. The largest absolute Gasteiger partial charge is 0.315 e. The van der Waals surface area contributed by atoms with E-state index in [0.29, 0.717) is 10.8 Å². The van der Waals surface area contributed by atoms with Gasteiger partial charge in [-0.3, -0.25) is 0 Å². The SMILES string of the molecule is Fc1cccc2c1nc(Cl)n2C1CCNC1. The predicted molar refractivity (Wildman–Crippen MR) is 61.2 cm³/mol. The number of nitrogens with one attached hydrogen (secondary N) is 1. The van der Waals surface area contributed by atoms with E-state index in [4.69, 9.17) is 11.6 Å². The number of imidazole rings is 1. The van der Waals surface area contributed by atoms with Crippen molar-refractivity contribution in [3.8, 4) is 0 Å². The molecule has 3 rings (SSSR count). The zero-order valence-corrected chi connectivity index (χ0v) is 9.34. The fourth-order valence-corrected chi connectivity index (χ4v) is 2.58. The van der Waals surface area contributed by atoms with Crippen LogP contribution in [0.15, 0.2) is 18.2 Å². The average Bonchev–Trinajstić information content (AvgIpc) is 2.85. The summed E-state index contributed by atoms with van der Waals surface area (Å²) in [6.45, 7) is 1.83. The second kappa shape index (κ2) is 3.71. The van der Waals surface area contributed by atoms with E-state index in [1.807, 2.05) is 10.6 Å². The Balaban J connectivity index is 2.22. The molecule has 1 aliphatic heterocycles. The van der Waals surface area contributed by atoms with Gasteiger partial charge in [0.15, 0.2) is 5.82 Å². The molecular weight excluding hydrogens is 229 g/mol. The summed E-state index contributed by atoms with van der Waals surface area (Å²) in [6.07, 6.45) is 1.00. The zero-order chi connectivity index (χ0) is 11.1. The highest BCUT2D eigenvalue weighted by Crippen LogP contribution is 2.28. The molecule has 1 aromatic carbocycles. The number of halogens is 2. The molecule has 0 bridgehead atoms. The molecule has 0 radical (unpaired) electrons. The predicted octanol–water partition coefficient (Wildman–Crippen LogP) is 2.36. The summed E-state index contributed by atoms with van der Waals surface area (Å²) < 4.78 is 15.4. The number of aromatic nitrogens is 2. The summed E-state index contributed by atoms with van der Waals surface area (Å²) in [4.78, 5) is 4.08. The molecular formula is C11H11ClFN3. The van der Waals surface area contributed by atoms with Gasteiger partial charge in [-0.2, -0.15) is 0 Å². The number of hydrogen-bond donors (Lipinski definition) is 1. The third kappa shape index (κ3) is 1.41. The Morgan fingerprint density at radius 1 is 1.50 bits per heavy atom. The van der Waals surface area contributed by atoms with E-state index in [-0.39, 0.29) is 11.9 Å². The number of fused-ring (bicyclic) bond motifs is 1. The van der Waals surface area contributed by atoms with Crippen LogP contribution in [0.4, 0.5) is 4.39 Å². The molecule has 2 aromatic rings. The van der Waals surface area contributed by atoms with Gasteiger partial charge >= 0.3 is 0 Å². The number of nitrogens with zero attached hydrogens (tertiary/aromatic N) is 2. The van der Waals surface area contributed by atoms with E-state index >= 15 is 0 Å². The number of para-hydroxylation sites is 1. The van der Waals surface area contributed by atoms with Crippen molar-refractivity contribution in [2.75, 3.05) is 13.1 Å². The highest BCUT2D eigenvalue weighted by Gasteiger charge is 2.22. The first-order valence-corrected chi connectivity index (χ1v) is 5.68. The smallest absolute Gasteiger partial charge is 0.204 e. The Bertz CT molecular complexity index is 531. The topological polar surface area (TPSA) is 29.9 Å². The van der Waals surface area contributed by atoms with Gasteiger partial charge in [-0.15, -0.1) is 0 Å². The Labute approximate surface area is 97.2 Å². The van der Waals surface area contributed by atoms with Crippen LogP contribution in [0.2, 0.25) is 5.28 Å². The van der Waals surface area contributed by atoms with E-state index in [2.05, 4.69) is 10.3 Å². The third-order valence-electron chi connectivity index (χ3n) is 3.03. The second-order valence-corrected chi connectivity index (χ2v) is 4.34. The number of rotatable bonds is 1. The van der Waals surface area contributed by atoms with Crippen molar-refractivity contribution in [3.63, 3.8) is 0 Å². The first kappa shape index (κ1) is 10.1. The van der Waals surface area contributed by atoms with E-state index in [0.717, 1.165) is 25.0 Å². The Hall–Kier alpha value is -1.13. The third-order valence-corrected chi connectivity index (χ3v) is 3.29. The van der Waals surface area contributed by atoms with Crippen LogP contribution in [-0.2, 0) is 0 Å². The van der Waals surface area contributed by atoms with E-state index in [1.54, 1.807) is 6.07 Å². The first-order chi connectivity index (χ1) is 7.77. The molecule has 3 nitrogen and oxygen atoms in total. The Kier molecular flexibility index (Phi) is 2.33. The number of hydrogen-bond acceptors (Lipinski definition) is 2. The maximum Gasteiger partial charge on any atom is 0.204 e. The fourth-order valence-electron chi connectivity index (χ4n) is 2.26. The quantitative estimate of drug-likeness (QED) is 0.828. The Morgan fingerprint density at radius 3 is 3.12 bits per heavy atom. The minimum Gasteiger partial charge on any atom is -0.315 e. The summed E-state index contributed by atoms with van der Waals surface area (Å²) in [5.74, 6) is -0.316. The van der Waals surface area contributed by atoms with E-state index < -0.39 is 0 Å². The molecule has 1 unspecified atom stereocenters. The lowest BCUT2D eigenvalue weighted by Gasteiger charge is -2.12. The summed E-state index contributed by atoms with van der Waals surface area (Å²) in [7, 11) is 0. The van der Waals surface area contributed by atoms with Crippen molar-refractivity contribution >= 4 is 22.6 Å². The van der Waals surface area contributed by atoms with Crippen molar-refractivity contribution in [2.45, 2.75) is 12.5 Å². The lowest BCUT2D eigenvalue weighted by Crippen LogP contribution is -2.13. The van der Waals surface area contributed by atoms with E-state index in [1.165, 1.54) is 6.07 Å². The molecule has 0 saturated carbocycles. The van der Waals surface area contributed by atoms with Crippen LogP contribution < -0.4 is 5.32 Å². The van der Waals surface area contributed by atoms with Crippen LogP contribution in [0, 0.1) is 5.82 Å². The van der Waals surface area contributed by atoms with Gasteiger partial charge in [0, 0.05) is 6.54 Å². The van der Waals surface area contributed by atoms with E-state index in [9.17, 15) is 4.39 Å². The highest BCUT2D eigenvalue weighted by atomic mass is 35.5. The van der Waals surface area contributed by atoms with Gasteiger partial charge in [-0.05, 0) is 36.7 Å². The van der Waals surface area contributed by atoms with Crippen LogP contribution in [0.25, 0.3) is 11.0 Å². The van der Waals surface area contributed by atoms with Crippen molar-refractivity contribution in [1.82, 2.24) is 14.9 Å². The summed E-state index contributed by atoms with van der Waals surface area (Å²) in [5.41, 5.74) is 1.14. The first-order valence-electron chi connectivity index (χ1n) is 5.30. The standard InChI is InChI=1S/C11H11ClFN3/c12-11-15-10-8(13)2-1-3-9(10)16(11)7-4-5-14-6-7/h1-3,7,14H,4-6H2. The Morgan fingerprint density at radius 2 is 2.38 bits per heavy atom. The fraction of sp³-hybridized carbons (Fsp3) is 0.364. The highest BCUT2D eigenvalue weighted by molar-refractivity contribution is 6.29. The lowest BCUT2D eigenvalue weighted by atomic mass is 10.2. The van der Waals surface area contributed by atoms with Gasteiger partial charge in [0.2, 0.25) is 5.28 Å². The normalized spacial score (nSPS) is 20.8. The molecule has 0 amide bonds. The summed E-state index contributed by atoms with van der Waals surface area (Å²) in [6, 6.07) is 5.23. The minimum absolute atomic E-state index is 0.277. The molecule has 1 saturated heterocycles.